The number of imidazole rings is 1. The molecule has 1 saturated heterocycles. The fourth-order valence-electron chi connectivity index (χ4n) is 3.85. The van der Waals surface area contributed by atoms with Crippen LogP contribution in [0.25, 0.3) is 15.0 Å². The van der Waals surface area contributed by atoms with Gasteiger partial charge in [0.1, 0.15) is 35.8 Å². The number of hydrogen-bond donors (Lipinski definition) is 1. The highest BCUT2D eigenvalue weighted by Crippen LogP contribution is 2.36. The van der Waals surface area contributed by atoms with Crippen molar-refractivity contribution in [3.8, 4) is 0 Å². The molecule has 1 N–H and O–H groups in total. The van der Waals surface area contributed by atoms with Crippen LogP contribution in [0.15, 0.2) is 36.8 Å². The molecule has 8 nitrogen and oxygen atoms in total. The number of nitrogens with one attached hydrogen (secondary N) is 1. The molecule has 0 saturated carbocycles. The predicted octanol–water partition coefficient (Wildman–Crippen LogP) is 5.21. The van der Waals surface area contributed by atoms with Crippen molar-refractivity contribution in [2.45, 2.75) is 38.3 Å². The number of hydrogen-bond acceptors (Lipinski definition) is 7. The number of fused-ring (bicyclic) bond motifs is 3. The summed E-state index contributed by atoms with van der Waals surface area (Å²) in [6, 6.07) is 3.87. The van der Waals surface area contributed by atoms with Gasteiger partial charge in [0.2, 0.25) is 5.95 Å². The number of carbonyl (C=O) groups is 1. The van der Waals surface area contributed by atoms with Crippen molar-refractivity contribution in [1.29, 1.82) is 0 Å². The monoisotopic (exact) mass is 494 g/mol. The first kappa shape index (κ1) is 22.3. The summed E-state index contributed by atoms with van der Waals surface area (Å²) in [5.74, 6) is 0.370. The normalized spacial score (nSPS) is 18.5. The van der Waals surface area contributed by atoms with Crippen molar-refractivity contribution < 1.29 is 27.1 Å². The number of thiazole rings is 1. The van der Waals surface area contributed by atoms with E-state index in [9.17, 15) is 22.4 Å². The smallest absolute Gasteiger partial charge is 0.416 e. The molecule has 1 aliphatic heterocycles. The van der Waals surface area contributed by atoms with E-state index < -0.39 is 36.1 Å². The van der Waals surface area contributed by atoms with Gasteiger partial charge in [0.05, 0.1) is 27.5 Å². The van der Waals surface area contributed by atoms with Crippen LogP contribution >= 0.6 is 11.3 Å². The van der Waals surface area contributed by atoms with Gasteiger partial charge in [-0.1, -0.05) is 0 Å². The molecule has 5 rings (SSSR count). The van der Waals surface area contributed by atoms with E-state index >= 15 is 0 Å². The van der Waals surface area contributed by atoms with Gasteiger partial charge in [0.15, 0.2) is 0 Å². The summed E-state index contributed by atoms with van der Waals surface area (Å²) >= 11 is 1.20. The second kappa shape index (κ2) is 8.08. The average molecular weight is 494 g/mol. The number of amides is 1. The Hall–Kier alpha value is -3.48. The molecule has 3 atom stereocenters. The second-order valence-corrected chi connectivity index (χ2v) is 8.91. The van der Waals surface area contributed by atoms with Crippen molar-refractivity contribution in [2.24, 2.45) is 0 Å². The zero-order valence-corrected chi connectivity index (χ0v) is 18.7. The molecule has 13 heteroatoms. The van der Waals surface area contributed by atoms with Crippen molar-refractivity contribution in [1.82, 2.24) is 19.4 Å². The maximum absolute atomic E-state index is 13.9. The minimum absolute atomic E-state index is 0.0751. The Bertz CT molecular complexity index is 1380. The summed E-state index contributed by atoms with van der Waals surface area (Å²) in [6.45, 7) is 3.07. The summed E-state index contributed by atoms with van der Waals surface area (Å²) in [6.07, 6.45) is -3.44. The Morgan fingerprint density at radius 1 is 1.24 bits per heavy atom. The fourth-order valence-corrected chi connectivity index (χ4v) is 5.09. The number of anilines is 2. The SMILES string of the molecule is C[C@H](Nc1nccc(N2C(=O)OC[C@@H]2[C@H](C)F)n1)c1ncn2c1sc1cc(C(F)(F)F)ccc12. The highest BCUT2D eigenvalue weighted by atomic mass is 32.1. The molecule has 0 unspecified atom stereocenters. The number of nitrogens with zero attached hydrogens (tertiary/aromatic N) is 5. The van der Waals surface area contributed by atoms with Crippen molar-refractivity contribution >= 4 is 44.2 Å². The first-order valence-electron chi connectivity index (χ1n) is 10.3. The summed E-state index contributed by atoms with van der Waals surface area (Å²) in [4.78, 5) is 26.9. The van der Waals surface area contributed by atoms with Gasteiger partial charge in [0, 0.05) is 6.20 Å². The molecule has 1 fully saturated rings. The number of carbonyl (C=O) groups excluding carboxylic acids is 1. The largest absolute Gasteiger partial charge is 0.447 e. The molecule has 178 valence electrons. The van der Waals surface area contributed by atoms with E-state index in [4.69, 9.17) is 4.74 Å². The maximum Gasteiger partial charge on any atom is 0.416 e. The number of rotatable bonds is 5. The average Bonchev–Trinajstić information content (AvgIpc) is 3.45. The van der Waals surface area contributed by atoms with Crippen LogP contribution in [-0.2, 0) is 10.9 Å². The van der Waals surface area contributed by atoms with Crippen LogP contribution in [-0.4, -0.2) is 44.3 Å². The van der Waals surface area contributed by atoms with Crippen LogP contribution in [0.5, 0.6) is 0 Å². The van der Waals surface area contributed by atoms with Gasteiger partial charge in [-0.15, -0.1) is 11.3 Å². The highest BCUT2D eigenvalue weighted by molar-refractivity contribution is 7.24. The van der Waals surface area contributed by atoms with Crippen LogP contribution < -0.4 is 10.2 Å². The number of halogens is 4. The molecule has 4 aromatic rings. The van der Waals surface area contributed by atoms with Crippen molar-refractivity contribution in [3.63, 3.8) is 0 Å². The molecule has 0 aliphatic carbocycles. The maximum atomic E-state index is 13.9. The van der Waals surface area contributed by atoms with Crippen LogP contribution in [0.4, 0.5) is 34.1 Å². The molecule has 0 spiro atoms. The van der Waals surface area contributed by atoms with Gasteiger partial charge in [0.25, 0.3) is 0 Å². The lowest BCUT2D eigenvalue weighted by molar-refractivity contribution is -0.137. The van der Waals surface area contributed by atoms with Crippen molar-refractivity contribution in [3.05, 3.63) is 48.0 Å². The predicted molar refractivity (Wildman–Crippen MR) is 118 cm³/mol. The van der Waals surface area contributed by atoms with E-state index in [0.717, 1.165) is 17.0 Å². The lowest BCUT2D eigenvalue weighted by Gasteiger charge is -2.22. The van der Waals surface area contributed by atoms with Gasteiger partial charge in [-0.25, -0.2) is 19.2 Å². The Morgan fingerprint density at radius 2 is 2.03 bits per heavy atom. The Balaban J connectivity index is 1.43. The minimum Gasteiger partial charge on any atom is -0.447 e. The van der Waals surface area contributed by atoms with E-state index in [0.29, 0.717) is 20.7 Å². The Kier molecular flexibility index (Phi) is 5.30. The van der Waals surface area contributed by atoms with Crippen LogP contribution in [0.2, 0.25) is 0 Å². The van der Waals surface area contributed by atoms with E-state index in [1.54, 1.807) is 17.7 Å². The minimum atomic E-state index is -4.42. The first-order chi connectivity index (χ1) is 16.1. The molecule has 1 amide bonds. The molecule has 1 aromatic carbocycles. The number of cyclic esters (lactones) is 1. The lowest BCUT2D eigenvalue weighted by Crippen LogP contribution is -2.39. The molecule has 1 aliphatic rings. The fraction of sp³-hybridized carbons (Fsp3) is 0.333. The van der Waals surface area contributed by atoms with E-state index in [-0.39, 0.29) is 18.4 Å². The third kappa shape index (κ3) is 3.79. The van der Waals surface area contributed by atoms with Gasteiger partial charge in [-0.2, -0.15) is 18.2 Å². The second-order valence-electron chi connectivity index (χ2n) is 7.88. The van der Waals surface area contributed by atoms with Gasteiger partial charge in [-0.3, -0.25) is 9.30 Å². The molecular formula is C21H18F4N6O2S. The standard InChI is InChI=1S/C21H18F4N6O2S/c1-10(22)14-8-33-20(32)31(14)16-5-6-26-19(29-16)28-11(2)17-18-30(9-27-17)13-4-3-12(21(23,24)25)7-15(13)34-18/h3-7,9-11,14H,8H2,1-2H3,(H,26,28,29)/t10-,11-,14+/m0/s1. The summed E-state index contributed by atoms with van der Waals surface area (Å²) in [7, 11) is 0. The molecule has 4 heterocycles. The van der Waals surface area contributed by atoms with Gasteiger partial charge < -0.3 is 10.1 Å². The van der Waals surface area contributed by atoms with Crippen LogP contribution in [0.3, 0.4) is 0 Å². The van der Waals surface area contributed by atoms with Gasteiger partial charge in [-0.05, 0) is 38.1 Å². The number of alkyl halides is 4. The zero-order chi connectivity index (χ0) is 24.2. The van der Waals surface area contributed by atoms with Crippen molar-refractivity contribution in [2.75, 3.05) is 16.8 Å². The quantitative estimate of drug-likeness (QED) is 0.383. The highest BCUT2D eigenvalue weighted by Gasteiger charge is 2.39. The number of aromatic nitrogens is 4. The van der Waals surface area contributed by atoms with Crippen LogP contribution in [0.1, 0.15) is 31.1 Å². The summed E-state index contributed by atoms with van der Waals surface area (Å²) in [5.41, 5.74) is 0.507. The van der Waals surface area contributed by atoms with Gasteiger partial charge >= 0.3 is 12.3 Å². The molecule has 0 radical (unpaired) electrons. The Morgan fingerprint density at radius 3 is 2.76 bits per heavy atom. The lowest BCUT2D eigenvalue weighted by atomic mass is 10.2. The molecule has 0 bridgehead atoms. The topological polar surface area (TPSA) is 84.7 Å². The molecular weight excluding hydrogens is 476 g/mol. The third-order valence-electron chi connectivity index (χ3n) is 5.58. The number of benzene rings is 1. The third-order valence-corrected chi connectivity index (χ3v) is 6.73. The Labute approximate surface area is 194 Å². The summed E-state index contributed by atoms with van der Waals surface area (Å²) in [5, 5.41) is 3.10. The molecule has 3 aromatic heterocycles. The molecule has 34 heavy (non-hydrogen) atoms. The van der Waals surface area contributed by atoms with E-state index in [1.165, 1.54) is 36.6 Å². The van der Waals surface area contributed by atoms with E-state index in [2.05, 4.69) is 20.3 Å². The summed E-state index contributed by atoms with van der Waals surface area (Å²) < 4.78 is 60.4. The number of ether oxygens (including phenoxy) is 1. The van der Waals surface area contributed by atoms with E-state index in [1.807, 2.05) is 0 Å². The first-order valence-corrected chi connectivity index (χ1v) is 11.1. The zero-order valence-electron chi connectivity index (χ0n) is 17.9. The van der Waals surface area contributed by atoms with Crippen LogP contribution in [0, 0.1) is 0 Å².